The lowest BCUT2D eigenvalue weighted by Gasteiger charge is -1.90. The minimum absolute atomic E-state index is 0.238. The molecule has 0 saturated carbocycles. The fourth-order valence-corrected chi connectivity index (χ4v) is 0.967. The van der Waals surface area contributed by atoms with Crippen LogP contribution in [0.2, 0.25) is 0 Å². The molecule has 0 aliphatic rings. The van der Waals surface area contributed by atoms with Crippen molar-refractivity contribution in [3.63, 3.8) is 0 Å². The SMILES string of the molecule is Fc1cc(F)c2cc[nH]c2n1. The molecular weight excluding hydrogens is 150 g/mol. The van der Waals surface area contributed by atoms with Crippen molar-refractivity contribution in [2.45, 2.75) is 0 Å². The summed E-state index contributed by atoms with van der Waals surface area (Å²) in [5.74, 6) is -1.40. The molecule has 0 saturated heterocycles. The molecule has 1 N–H and O–H groups in total. The van der Waals surface area contributed by atoms with E-state index < -0.39 is 11.8 Å². The predicted molar refractivity (Wildman–Crippen MR) is 36.0 cm³/mol. The summed E-state index contributed by atoms with van der Waals surface area (Å²) in [6.07, 6.45) is 1.51. The molecule has 0 unspecified atom stereocenters. The van der Waals surface area contributed by atoms with Gasteiger partial charge in [-0.2, -0.15) is 4.39 Å². The fourth-order valence-electron chi connectivity index (χ4n) is 0.967. The number of hydrogen-bond donors (Lipinski definition) is 1. The first-order valence-electron chi connectivity index (χ1n) is 3.06. The number of hydrogen-bond acceptors (Lipinski definition) is 1. The Balaban J connectivity index is 2.91. The number of fused-ring (bicyclic) bond motifs is 1. The highest BCUT2D eigenvalue weighted by atomic mass is 19.1. The van der Waals surface area contributed by atoms with Crippen LogP contribution in [0.5, 0.6) is 0 Å². The van der Waals surface area contributed by atoms with Gasteiger partial charge in [0, 0.05) is 12.3 Å². The van der Waals surface area contributed by atoms with Gasteiger partial charge in [0.1, 0.15) is 11.5 Å². The van der Waals surface area contributed by atoms with Gasteiger partial charge in [-0.25, -0.2) is 9.37 Å². The third kappa shape index (κ3) is 0.869. The van der Waals surface area contributed by atoms with Crippen molar-refractivity contribution in [2.24, 2.45) is 0 Å². The standard InChI is InChI=1S/C7H4F2N2/c8-5-3-6(9)11-7-4(5)1-2-10-7/h1-3H,(H,10,11). The number of nitrogens with one attached hydrogen (secondary N) is 1. The molecule has 0 aliphatic carbocycles. The highest BCUT2D eigenvalue weighted by molar-refractivity contribution is 5.75. The summed E-state index contributed by atoms with van der Waals surface area (Å²) in [4.78, 5) is 6.04. The van der Waals surface area contributed by atoms with Gasteiger partial charge < -0.3 is 4.98 Å². The average molecular weight is 154 g/mol. The third-order valence-corrected chi connectivity index (χ3v) is 1.45. The second-order valence-corrected chi connectivity index (χ2v) is 2.17. The molecule has 0 atom stereocenters. The van der Waals surface area contributed by atoms with Gasteiger partial charge in [-0.3, -0.25) is 0 Å². The van der Waals surface area contributed by atoms with Crippen LogP contribution in [0.1, 0.15) is 0 Å². The summed E-state index contributed by atoms with van der Waals surface area (Å²) < 4.78 is 25.2. The Morgan fingerprint density at radius 3 is 3.00 bits per heavy atom. The number of halogens is 2. The molecule has 2 rings (SSSR count). The Morgan fingerprint density at radius 1 is 1.36 bits per heavy atom. The van der Waals surface area contributed by atoms with Crippen molar-refractivity contribution in [2.75, 3.05) is 0 Å². The summed E-state index contributed by atoms with van der Waals surface area (Å²) in [7, 11) is 0. The number of rotatable bonds is 0. The van der Waals surface area contributed by atoms with E-state index in [1.807, 2.05) is 0 Å². The first kappa shape index (κ1) is 6.27. The van der Waals surface area contributed by atoms with Crippen LogP contribution in [-0.4, -0.2) is 9.97 Å². The maximum atomic E-state index is 12.8. The van der Waals surface area contributed by atoms with Gasteiger partial charge in [-0.05, 0) is 6.07 Å². The zero-order valence-corrected chi connectivity index (χ0v) is 5.44. The van der Waals surface area contributed by atoms with Crippen molar-refractivity contribution in [1.82, 2.24) is 9.97 Å². The van der Waals surface area contributed by atoms with E-state index in [-0.39, 0.29) is 5.65 Å². The third-order valence-electron chi connectivity index (χ3n) is 1.45. The monoisotopic (exact) mass is 154 g/mol. The van der Waals surface area contributed by atoms with Gasteiger partial charge in [0.15, 0.2) is 0 Å². The Labute approximate surface area is 60.9 Å². The van der Waals surface area contributed by atoms with Crippen molar-refractivity contribution >= 4 is 11.0 Å². The van der Waals surface area contributed by atoms with Crippen molar-refractivity contribution in [3.05, 3.63) is 30.1 Å². The van der Waals surface area contributed by atoms with Crippen LogP contribution in [0.25, 0.3) is 11.0 Å². The number of nitrogens with zero attached hydrogens (tertiary/aromatic N) is 1. The number of aromatic amines is 1. The van der Waals surface area contributed by atoms with E-state index in [1.54, 1.807) is 0 Å². The fraction of sp³-hybridized carbons (Fsp3) is 0. The molecule has 2 nitrogen and oxygen atoms in total. The van der Waals surface area contributed by atoms with Crippen LogP contribution < -0.4 is 0 Å². The Hall–Kier alpha value is -1.45. The summed E-state index contributed by atoms with van der Waals surface area (Å²) >= 11 is 0. The lowest BCUT2D eigenvalue weighted by atomic mass is 10.3. The molecule has 0 radical (unpaired) electrons. The van der Waals surface area contributed by atoms with Gasteiger partial charge in [0.25, 0.3) is 0 Å². The van der Waals surface area contributed by atoms with Crippen molar-refractivity contribution in [3.8, 4) is 0 Å². The van der Waals surface area contributed by atoms with Crippen LogP contribution in [0.3, 0.4) is 0 Å². The smallest absolute Gasteiger partial charge is 0.217 e. The van der Waals surface area contributed by atoms with Crippen LogP contribution in [-0.2, 0) is 0 Å². The largest absolute Gasteiger partial charge is 0.346 e. The van der Waals surface area contributed by atoms with Crippen molar-refractivity contribution < 1.29 is 8.78 Å². The lowest BCUT2D eigenvalue weighted by molar-refractivity contribution is 0.562. The van der Waals surface area contributed by atoms with E-state index in [0.29, 0.717) is 5.39 Å². The zero-order chi connectivity index (χ0) is 7.84. The quantitative estimate of drug-likeness (QED) is 0.576. The van der Waals surface area contributed by atoms with E-state index in [0.717, 1.165) is 6.07 Å². The molecule has 0 spiro atoms. The summed E-state index contributed by atoms with van der Waals surface area (Å²) in [5, 5.41) is 0.311. The summed E-state index contributed by atoms with van der Waals surface area (Å²) in [6.45, 7) is 0. The molecule has 56 valence electrons. The molecule has 0 amide bonds. The minimum Gasteiger partial charge on any atom is -0.346 e. The Bertz CT molecular complexity index is 394. The van der Waals surface area contributed by atoms with Crippen LogP contribution in [0.15, 0.2) is 18.3 Å². The second-order valence-electron chi connectivity index (χ2n) is 2.17. The molecule has 0 bridgehead atoms. The van der Waals surface area contributed by atoms with Crippen molar-refractivity contribution in [1.29, 1.82) is 0 Å². The first-order chi connectivity index (χ1) is 5.27. The highest BCUT2D eigenvalue weighted by Crippen LogP contribution is 2.14. The highest BCUT2D eigenvalue weighted by Gasteiger charge is 2.04. The van der Waals surface area contributed by atoms with Gasteiger partial charge in [0.05, 0.1) is 5.39 Å². The van der Waals surface area contributed by atoms with Crippen LogP contribution in [0.4, 0.5) is 8.78 Å². The van der Waals surface area contributed by atoms with E-state index in [1.165, 1.54) is 12.3 Å². The topological polar surface area (TPSA) is 28.7 Å². The van der Waals surface area contributed by atoms with Gasteiger partial charge in [-0.1, -0.05) is 0 Å². The zero-order valence-electron chi connectivity index (χ0n) is 5.44. The van der Waals surface area contributed by atoms with Crippen LogP contribution >= 0.6 is 0 Å². The number of pyridine rings is 1. The molecule has 0 aliphatic heterocycles. The average Bonchev–Trinajstić information content (AvgIpc) is 2.34. The predicted octanol–water partition coefficient (Wildman–Crippen LogP) is 1.84. The molecule has 11 heavy (non-hydrogen) atoms. The molecule has 0 aromatic carbocycles. The molecular formula is C7H4F2N2. The molecule has 2 heterocycles. The van der Waals surface area contributed by atoms with E-state index >= 15 is 0 Å². The Kier molecular flexibility index (Phi) is 1.15. The number of H-pyrrole nitrogens is 1. The second kappa shape index (κ2) is 2.02. The lowest BCUT2D eigenvalue weighted by Crippen LogP contribution is -1.86. The minimum atomic E-state index is -0.808. The van der Waals surface area contributed by atoms with Gasteiger partial charge in [0.2, 0.25) is 5.95 Å². The summed E-state index contributed by atoms with van der Waals surface area (Å²) in [5.41, 5.74) is 0.238. The van der Waals surface area contributed by atoms with Gasteiger partial charge >= 0.3 is 0 Å². The van der Waals surface area contributed by atoms with Crippen LogP contribution in [0, 0.1) is 11.8 Å². The molecule has 2 aromatic rings. The van der Waals surface area contributed by atoms with E-state index in [2.05, 4.69) is 9.97 Å². The summed E-state index contributed by atoms with van der Waals surface area (Å²) in [6, 6.07) is 2.27. The first-order valence-corrected chi connectivity index (χ1v) is 3.06. The normalized spacial score (nSPS) is 10.7. The maximum Gasteiger partial charge on any atom is 0.217 e. The molecule has 0 fully saturated rings. The van der Waals surface area contributed by atoms with E-state index in [4.69, 9.17) is 0 Å². The molecule has 2 aromatic heterocycles. The maximum absolute atomic E-state index is 12.8. The molecule has 4 heteroatoms. The van der Waals surface area contributed by atoms with E-state index in [9.17, 15) is 8.78 Å². The Morgan fingerprint density at radius 2 is 2.18 bits per heavy atom. The number of aromatic nitrogens is 2. The van der Waals surface area contributed by atoms with Gasteiger partial charge in [-0.15, -0.1) is 0 Å².